The molecule has 2 aliphatic carbocycles. The van der Waals surface area contributed by atoms with Gasteiger partial charge in [-0.15, -0.1) is 0 Å². The minimum absolute atomic E-state index is 0.190. The smallest absolute Gasteiger partial charge is 0.303 e. The van der Waals surface area contributed by atoms with Gasteiger partial charge in [0.15, 0.2) is 0 Å². The minimum Gasteiger partial charge on any atom is -0.459 e. The summed E-state index contributed by atoms with van der Waals surface area (Å²) < 4.78 is 5.22. The monoisotopic (exact) mass is 240 g/mol. The molecule has 0 saturated heterocycles. The molecule has 17 heavy (non-hydrogen) atoms. The summed E-state index contributed by atoms with van der Waals surface area (Å²) >= 11 is 0. The number of ether oxygens (including phenoxy) is 1. The van der Waals surface area contributed by atoms with Gasteiger partial charge in [0.2, 0.25) is 0 Å². The molecule has 5 nitrogen and oxygen atoms in total. The first-order chi connectivity index (χ1) is 7.97. The van der Waals surface area contributed by atoms with Crippen molar-refractivity contribution in [3.05, 3.63) is 12.4 Å². The number of aliphatic hydroxyl groups is 1. The molecule has 0 amide bonds. The molecule has 0 aromatic heterocycles. The van der Waals surface area contributed by atoms with Gasteiger partial charge in [-0.3, -0.25) is 4.79 Å². The summed E-state index contributed by atoms with van der Waals surface area (Å²) in [6, 6.07) is 0.228. The van der Waals surface area contributed by atoms with Crippen LogP contribution in [0.1, 0.15) is 26.2 Å². The predicted molar refractivity (Wildman–Crippen MR) is 62.6 cm³/mol. The van der Waals surface area contributed by atoms with Crippen molar-refractivity contribution < 1.29 is 14.6 Å². The summed E-state index contributed by atoms with van der Waals surface area (Å²) in [6.07, 6.45) is 1.75. The third-order valence-electron chi connectivity index (χ3n) is 3.76. The fourth-order valence-electron chi connectivity index (χ4n) is 3.24. The predicted octanol–water partition coefficient (Wildman–Crippen LogP) is 0.0970. The van der Waals surface area contributed by atoms with Crippen LogP contribution in [0.3, 0.4) is 0 Å². The van der Waals surface area contributed by atoms with E-state index in [4.69, 9.17) is 10.5 Å². The van der Waals surface area contributed by atoms with E-state index in [1.807, 2.05) is 0 Å². The van der Waals surface area contributed by atoms with Gasteiger partial charge in [0, 0.05) is 18.9 Å². The summed E-state index contributed by atoms with van der Waals surface area (Å²) in [5.74, 6) is 0.545. The lowest BCUT2D eigenvalue weighted by atomic mass is 9.85. The molecule has 5 atom stereocenters. The molecular weight excluding hydrogens is 220 g/mol. The van der Waals surface area contributed by atoms with Gasteiger partial charge in [-0.2, -0.15) is 0 Å². The second kappa shape index (κ2) is 4.56. The quantitative estimate of drug-likeness (QED) is 0.609. The van der Waals surface area contributed by atoms with E-state index < -0.39 is 6.10 Å². The lowest BCUT2D eigenvalue weighted by Crippen LogP contribution is -2.37. The Balaban J connectivity index is 2.02. The lowest BCUT2D eigenvalue weighted by molar-refractivity contribution is -0.153. The van der Waals surface area contributed by atoms with Crippen LogP contribution in [0.25, 0.3) is 0 Å². The fourth-order valence-corrected chi connectivity index (χ4v) is 3.24. The largest absolute Gasteiger partial charge is 0.459 e. The van der Waals surface area contributed by atoms with E-state index in [1.165, 1.54) is 6.92 Å². The van der Waals surface area contributed by atoms with Gasteiger partial charge >= 0.3 is 5.97 Å². The van der Waals surface area contributed by atoms with Crippen molar-refractivity contribution in [2.75, 3.05) is 0 Å². The number of hydrogen-bond acceptors (Lipinski definition) is 5. The normalized spacial score (nSPS) is 39.8. The molecule has 96 valence electrons. The fraction of sp³-hybridized carbons (Fsp3) is 0.750. The van der Waals surface area contributed by atoms with Crippen LogP contribution in [-0.2, 0) is 9.53 Å². The summed E-state index contributed by atoms with van der Waals surface area (Å²) in [5, 5.41) is 13.2. The first kappa shape index (κ1) is 12.2. The van der Waals surface area contributed by atoms with Crippen LogP contribution in [-0.4, -0.2) is 29.3 Å². The number of nitrogens with two attached hydrogens (primary N) is 1. The molecule has 2 aliphatic rings. The van der Waals surface area contributed by atoms with E-state index >= 15 is 0 Å². The molecule has 4 N–H and O–H groups in total. The molecule has 5 unspecified atom stereocenters. The SMILES string of the molecule is C=C(N)NC1CC2CC(C1)C(OC(C)=O)C2O. The highest BCUT2D eigenvalue weighted by molar-refractivity contribution is 5.66. The van der Waals surface area contributed by atoms with E-state index in [9.17, 15) is 9.90 Å². The van der Waals surface area contributed by atoms with Gasteiger partial charge in [0.1, 0.15) is 6.10 Å². The maximum Gasteiger partial charge on any atom is 0.303 e. The van der Waals surface area contributed by atoms with Crippen LogP contribution in [0.5, 0.6) is 0 Å². The summed E-state index contributed by atoms with van der Waals surface area (Å²) in [7, 11) is 0. The van der Waals surface area contributed by atoms with Crippen molar-refractivity contribution in [3.63, 3.8) is 0 Å². The maximum atomic E-state index is 11.0. The molecule has 2 saturated carbocycles. The van der Waals surface area contributed by atoms with Gasteiger partial charge in [0.05, 0.1) is 11.9 Å². The lowest BCUT2D eigenvalue weighted by Gasteiger charge is -2.29. The van der Waals surface area contributed by atoms with E-state index in [-0.39, 0.29) is 30.0 Å². The van der Waals surface area contributed by atoms with E-state index in [2.05, 4.69) is 11.9 Å². The Bertz CT molecular complexity index is 332. The molecule has 5 heteroatoms. The Labute approximate surface area is 101 Å². The van der Waals surface area contributed by atoms with Crippen LogP contribution in [0.2, 0.25) is 0 Å². The zero-order chi connectivity index (χ0) is 12.6. The third-order valence-corrected chi connectivity index (χ3v) is 3.76. The molecule has 0 aromatic rings. The van der Waals surface area contributed by atoms with Gasteiger partial charge in [-0.25, -0.2) is 0 Å². The van der Waals surface area contributed by atoms with Crippen molar-refractivity contribution in [2.45, 2.75) is 44.4 Å². The first-order valence-corrected chi connectivity index (χ1v) is 6.03. The number of esters is 1. The van der Waals surface area contributed by atoms with Crippen LogP contribution >= 0.6 is 0 Å². The van der Waals surface area contributed by atoms with Crippen LogP contribution in [0.15, 0.2) is 12.4 Å². The molecular formula is C12H20N2O3. The van der Waals surface area contributed by atoms with Crippen molar-refractivity contribution in [3.8, 4) is 0 Å². The molecule has 0 aromatic carbocycles. The highest BCUT2D eigenvalue weighted by atomic mass is 16.6. The van der Waals surface area contributed by atoms with E-state index in [1.54, 1.807) is 0 Å². The average molecular weight is 240 g/mol. The van der Waals surface area contributed by atoms with Gasteiger partial charge in [0.25, 0.3) is 0 Å². The van der Waals surface area contributed by atoms with Crippen molar-refractivity contribution in [1.82, 2.24) is 5.32 Å². The van der Waals surface area contributed by atoms with E-state index in [0.29, 0.717) is 5.82 Å². The Morgan fingerprint density at radius 3 is 2.65 bits per heavy atom. The van der Waals surface area contributed by atoms with Crippen molar-refractivity contribution >= 4 is 5.97 Å². The van der Waals surface area contributed by atoms with Crippen molar-refractivity contribution in [2.24, 2.45) is 17.6 Å². The number of hydrogen-bond donors (Lipinski definition) is 3. The molecule has 2 rings (SSSR count). The molecule has 2 bridgehead atoms. The summed E-state index contributed by atoms with van der Waals surface area (Å²) in [5.41, 5.74) is 5.53. The Kier molecular flexibility index (Phi) is 3.28. The number of carbonyl (C=O) groups is 1. The van der Waals surface area contributed by atoms with Gasteiger partial charge in [-0.05, 0) is 25.2 Å². The Morgan fingerprint density at radius 2 is 2.06 bits per heavy atom. The van der Waals surface area contributed by atoms with Crippen LogP contribution in [0, 0.1) is 11.8 Å². The van der Waals surface area contributed by atoms with Crippen LogP contribution < -0.4 is 11.1 Å². The summed E-state index contributed by atoms with van der Waals surface area (Å²) in [6.45, 7) is 5.01. The number of aliphatic hydroxyl groups excluding tert-OH is 1. The topological polar surface area (TPSA) is 84.6 Å². The number of carbonyl (C=O) groups excluding carboxylic acids is 1. The van der Waals surface area contributed by atoms with E-state index in [0.717, 1.165) is 19.3 Å². The Morgan fingerprint density at radius 1 is 1.41 bits per heavy atom. The van der Waals surface area contributed by atoms with Crippen molar-refractivity contribution in [1.29, 1.82) is 0 Å². The second-order valence-corrected chi connectivity index (χ2v) is 5.16. The first-order valence-electron chi connectivity index (χ1n) is 6.03. The minimum atomic E-state index is -0.540. The average Bonchev–Trinajstić information content (AvgIpc) is 2.41. The Hall–Kier alpha value is -1.23. The highest BCUT2D eigenvalue weighted by Gasteiger charge is 2.49. The van der Waals surface area contributed by atoms with Gasteiger partial charge < -0.3 is 20.9 Å². The zero-order valence-corrected chi connectivity index (χ0v) is 10.1. The molecule has 0 heterocycles. The number of nitrogens with one attached hydrogen (secondary N) is 1. The standard InChI is InChI=1S/C12H20N2O3/c1-6(13)14-10-4-8-3-9(5-10)12(11(8)16)17-7(2)15/h8-12,14,16H,1,3-5,13H2,2H3. The maximum absolute atomic E-state index is 11.0. The highest BCUT2D eigenvalue weighted by Crippen LogP contribution is 2.44. The second-order valence-electron chi connectivity index (χ2n) is 5.16. The number of fused-ring (bicyclic) bond motifs is 2. The molecule has 2 fully saturated rings. The number of rotatable bonds is 3. The molecule has 0 radical (unpaired) electrons. The van der Waals surface area contributed by atoms with Gasteiger partial charge in [-0.1, -0.05) is 6.58 Å². The molecule has 0 aliphatic heterocycles. The zero-order valence-electron chi connectivity index (χ0n) is 10.1. The van der Waals surface area contributed by atoms with Crippen LogP contribution in [0.4, 0.5) is 0 Å². The third kappa shape index (κ3) is 2.54. The summed E-state index contributed by atoms with van der Waals surface area (Å²) in [4.78, 5) is 11.0. The molecule has 0 spiro atoms.